The molecule has 4 rings (SSSR count). The molecular formula is C21H17FN4O3S. The fraction of sp³-hybridized carbons (Fsp3) is 0.0476. The number of hydrogen-bond acceptors (Lipinski definition) is 6. The number of aromatic nitrogens is 2. The van der Waals surface area contributed by atoms with Gasteiger partial charge in [-0.3, -0.25) is 4.72 Å². The molecule has 0 saturated carbocycles. The Hall–Kier alpha value is -3.72. The summed E-state index contributed by atoms with van der Waals surface area (Å²) in [5.74, 6) is -0.291. The highest BCUT2D eigenvalue weighted by Gasteiger charge is 2.19. The molecule has 0 aliphatic heterocycles. The van der Waals surface area contributed by atoms with Gasteiger partial charge in [0, 0.05) is 11.8 Å². The Balaban J connectivity index is 1.78. The lowest BCUT2D eigenvalue weighted by Crippen LogP contribution is -2.16. The van der Waals surface area contributed by atoms with Crippen molar-refractivity contribution in [2.75, 3.05) is 17.1 Å². The van der Waals surface area contributed by atoms with Gasteiger partial charge >= 0.3 is 0 Å². The van der Waals surface area contributed by atoms with E-state index in [-0.39, 0.29) is 22.3 Å². The molecular weight excluding hydrogens is 407 g/mol. The second-order valence-corrected chi connectivity index (χ2v) is 7.98. The predicted octanol–water partition coefficient (Wildman–Crippen LogP) is 4.32. The highest BCUT2D eigenvalue weighted by Crippen LogP contribution is 2.29. The summed E-state index contributed by atoms with van der Waals surface area (Å²) in [6.45, 7) is 0. The van der Waals surface area contributed by atoms with E-state index >= 15 is 0 Å². The van der Waals surface area contributed by atoms with Crippen LogP contribution < -0.4 is 14.8 Å². The topological polar surface area (TPSA) is 93.2 Å². The predicted molar refractivity (Wildman–Crippen MR) is 113 cm³/mol. The lowest BCUT2D eigenvalue weighted by Gasteiger charge is -2.14. The molecule has 9 heteroatoms. The average Bonchev–Trinajstić information content (AvgIpc) is 2.76. The SMILES string of the molecule is COc1cc(Nc2nc3ccccc3nc2NS(=O)(=O)c2ccccc2)ccc1F. The fourth-order valence-corrected chi connectivity index (χ4v) is 3.85. The minimum atomic E-state index is -3.89. The average molecular weight is 424 g/mol. The number of ether oxygens (including phenoxy) is 1. The number of anilines is 3. The number of nitrogens with zero attached hydrogens (tertiary/aromatic N) is 2. The zero-order chi connectivity index (χ0) is 21.1. The number of methoxy groups -OCH3 is 1. The summed E-state index contributed by atoms with van der Waals surface area (Å²) in [5, 5.41) is 2.99. The van der Waals surface area contributed by atoms with Crippen LogP contribution in [0.3, 0.4) is 0 Å². The molecule has 2 N–H and O–H groups in total. The molecule has 0 amide bonds. The van der Waals surface area contributed by atoms with Gasteiger partial charge in [-0.25, -0.2) is 22.8 Å². The first kappa shape index (κ1) is 19.6. The van der Waals surface area contributed by atoms with E-state index in [0.29, 0.717) is 16.7 Å². The molecule has 0 atom stereocenters. The number of para-hydroxylation sites is 2. The Kier molecular flexibility index (Phi) is 5.20. The molecule has 4 aromatic rings. The highest BCUT2D eigenvalue weighted by molar-refractivity contribution is 7.92. The van der Waals surface area contributed by atoms with Gasteiger partial charge in [0.05, 0.1) is 23.0 Å². The maximum absolute atomic E-state index is 13.7. The maximum Gasteiger partial charge on any atom is 0.263 e. The first-order valence-corrected chi connectivity index (χ1v) is 10.4. The van der Waals surface area contributed by atoms with Gasteiger partial charge in [0.15, 0.2) is 23.2 Å². The molecule has 0 saturated heterocycles. The van der Waals surface area contributed by atoms with Crippen molar-refractivity contribution >= 4 is 38.4 Å². The van der Waals surface area contributed by atoms with Gasteiger partial charge in [-0.2, -0.15) is 0 Å². The van der Waals surface area contributed by atoms with Gasteiger partial charge in [-0.05, 0) is 36.4 Å². The van der Waals surface area contributed by atoms with Crippen molar-refractivity contribution in [1.29, 1.82) is 0 Å². The molecule has 1 aromatic heterocycles. The number of halogens is 1. The van der Waals surface area contributed by atoms with Gasteiger partial charge in [-0.15, -0.1) is 0 Å². The third-order valence-electron chi connectivity index (χ3n) is 4.27. The summed E-state index contributed by atoms with van der Waals surface area (Å²) in [4.78, 5) is 9.00. The van der Waals surface area contributed by atoms with E-state index in [2.05, 4.69) is 20.0 Å². The molecule has 0 radical (unpaired) electrons. The van der Waals surface area contributed by atoms with E-state index in [1.807, 2.05) is 0 Å². The molecule has 30 heavy (non-hydrogen) atoms. The molecule has 1 heterocycles. The second kappa shape index (κ2) is 7.96. The van der Waals surface area contributed by atoms with Crippen LogP contribution in [0.2, 0.25) is 0 Å². The standard InChI is InChI=1S/C21H17FN4O3S/c1-29-19-13-14(11-12-16(19)22)23-20-21(25-18-10-6-5-9-17(18)24-20)26-30(27,28)15-7-3-2-4-8-15/h2-13H,1H3,(H,23,24)(H,25,26). The van der Waals surface area contributed by atoms with Gasteiger partial charge in [0.25, 0.3) is 10.0 Å². The molecule has 0 aliphatic rings. The van der Waals surface area contributed by atoms with Crippen LogP contribution in [0, 0.1) is 5.82 Å². The lowest BCUT2D eigenvalue weighted by molar-refractivity contribution is 0.387. The van der Waals surface area contributed by atoms with Crippen molar-refractivity contribution in [3.05, 3.63) is 78.6 Å². The summed E-state index contributed by atoms with van der Waals surface area (Å²) in [5.41, 5.74) is 1.54. The van der Waals surface area contributed by atoms with Crippen LogP contribution in [0.15, 0.2) is 77.7 Å². The second-order valence-electron chi connectivity index (χ2n) is 6.30. The Bertz CT molecular complexity index is 1310. The maximum atomic E-state index is 13.7. The summed E-state index contributed by atoms with van der Waals surface area (Å²) < 4.78 is 46.8. The summed E-state index contributed by atoms with van der Waals surface area (Å²) in [6.07, 6.45) is 0. The molecule has 152 valence electrons. The Morgan fingerprint density at radius 2 is 1.50 bits per heavy atom. The minimum absolute atomic E-state index is 0.0147. The quantitative estimate of drug-likeness (QED) is 0.479. The fourth-order valence-electron chi connectivity index (χ4n) is 2.82. The van der Waals surface area contributed by atoms with Crippen molar-refractivity contribution < 1.29 is 17.5 Å². The molecule has 7 nitrogen and oxygen atoms in total. The van der Waals surface area contributed by atoms with E-state index in [0.717, 1.165) is 0 Å². The van der Waals surface area contributed by atoms with E-state index < -0.39 is 15.8 Å². The van der Waals surface area contributed by atoms with Gasteiger partial charge < -0.3 is 10.1 Å². The van der Waals surface area contributed by atoms with Crippen LogP contribution in [-0.2, 0) is 10.0 Å². The van der Waals surface area contributed by atoms with E-state index in [9.17, 15) is 12.8 Å². The molecule has 0 bridgehead atoms. The van der Waals surface area contributed by atoms with E-state index in [4.69, 9.17) is 4.74 Å². The van der Waals surface area contributed by atoms with Crippen LogP contribution in [0.5, 0.6) is 5.75 Å². The highest BCUT2D eigenvalue weighted by atomic mass is 32.2. The van der Waals surface area contributed by atoms with Crippen LogP contribution in [0.4, 0.5) is 21.7 Å². The smallest absolute Gasteiger partial charge is 0.263 e. The van der Waals surface area contributed by atoms with Crippen LogP contribution in [0.25, 0.3) is 11.0 Å². The zero-order valence-corrected chi connectivity index (χ0v) is 16.7. The Morgan fingerprint density at radius 1 is 0.867 bits per heavy atom. The molecule has 0 spiro atoms. The van der Waals surface area contributed by atoms with E-state index in [1.54, 1.807) is 42.5 Å². The molecule has 0 aliphatic carbocycles. The number of rotatable bonds is 6. The molecule has 0 fully saturated rings. The third-order valence-corrected chi connectivity index (χ3v) is 5.62. The van der Waals surface area contributed by atoms with Gasteiger partial charge in [0.2, 0.25) is 0 Å². The third kappa shape index (κ3) is 4.01. The number of nitrogens with one attached hydrogen (secondary N) is 2. The summed E-state index contributed by atoms with van der Waals surface area (Å²) in [6, 6.07) is 19.2. The minimum Gasteiger partial charge on any atom is -0.494 e. The lowest BCUT2D eigenvalue weighted by atomic mass is 10.2. The first-order chi connectivity index (χ1) is 14.5. The van der Waals surface area contributed by atoms with Crippen LogP contribution >= 0.6 is 0 Å². The van der Waals surface area contributed by atoms with Crippen molar-refractivity contribution in [1.82, 2.24) is 9.97 Å². The zero-order valence-electron chi connectivity index (χ0n) is 15.8. The van der Waals surface area contributed by atoms with Crippen molar-refractivity contribution in [3.8, 4) is 5.75 Å². The molecule has 3 aromatic carbocycles. The number of fused-ring (bicyclic) bond motifs is 1. The van der Waals surface area contributed by atoms with Crippen molar-refractivity contribution in [2.24, 2.45) is 0 Å². The summed E-state index contributed by atoms with van der Waals surface area (Å²) >= 11 is 0. The molecule has 0 unspecified atom stereocenters. The largest absolute Gasteiger partial charge is 0.494 e. The van der Waals surface area contributed by atoms with Gasteiger partial charge in [0.1, 0.15) is 0 Å². The first-order valence-electron chi connectivity index (χ1n) is 8.91. The van der Waals surface area contributed by atoms with Gasteiger partial charge in [-0.1, -0.05) is 30.3 Å². The number of sulfonamides is 1. The summed E-state index contributed by atoms with van der Waals surface area (Å²) in [7, 11) is -2.53. The normalized spacial score (nSPS) is 11.3. The van der Waals surface area contributed by atoms with Crippen molar-refractivity contribution in [3.63, 3.8) is 0 Å². The Labute approximate surface area is 172 Å². The monoisotopic (exact) mass is 424 g/mol. The Morgan fingerprint density at radius 3 is 2.17 bits per heavy atom. The van der Waals surface area contributed by atoms with Crippen LogP contribution in [0.1, 0.15) is 0 Å². The van der Waals surface area contributed by atoms with Crippen molar-refractivity contribution in [2.45, 2.75) is 4.90 Å². The van der Waals surface area contributed by atoms with Crippen LogP contribution in [-0.4, -0.2) is 25.5 Å². The number of hydrogen-bond donors (Lipinski definition) is 2. The van der Waals surface area contributed by atoms with E-state index in [1.165, 1.54) is 37.4 Å². The number of benzene rings is 3.